The Labute approximate surface area is 54.3 Å². The maximum Gasteiger partial charge on any atom is 0.503 e. The summed E-state index contributed by atoms with van der Waals surface area (Å²) in [5.74, 6) is 1.06. The molecule has 0 aromatic rings. The predicted octanol–water partition coefficient (Wildman–Crippen LogP) is 2.03. The van der Waals surface area contributed by atoms with Crippen LogP contribution < -0.4 is 0 Å². The number of carboxylic acid groups (broad SMARTS) is 2. The summed E-state index contributed by atoms with van der Waals surface area (Å²) in [4.78, 5) is 8.56. The van der Waals surface area contributed by atoms with Gasteiger partial charge in [-0.2, -0.15) is 0 Å². The normalized spacial score (nSPS) is 17.0. The summed E-state index contributed by atoms with van der Waals surface area (Å²) in [5.41, 5.74) is 0. The second-order valence-electron chi connectivity index (χ2n) is 2.32. The van der Waals surface area contributed by atoms with Crippen LogP contribution in [0, 0.1) is 5.92 Å². The number of carbonyl (C=O) groups is 1. The first-order valence-electron chi connectivity index (χ1n) is 3.05. The average molecular weight is 132 g/mol. The highest BCUT2D eigenvalue weighted by atomic mass is 16.6. The SMILES string of the molecule is CC1CCC1.O=C(O)O. The molecule has 1 fully saturated rings. The molecule has 0 radical (unpaired) electrons. The summed E-state index contributed by atoms with van der Waals surface area (Å²) in [6.45, 7) is 2.31. The third-order valence-electron chi connectivity index (χ3n) is 1.39. The summed E-state index contributed by atoms with van der Waals surface area (Å²) in [5, 5.41) is 13.9. The highest BCUT2D eigenvalue weighted by Gasteiger charge is 2.09. The lowest BCUT2D eigenvalue weighted by molar-refractivity contribution is 0.137. The van der Waals surface area contributed by atoms with Gasteiger partial charge in [0.25, 0.3) is 0 Å². The van der Waals surface area contributed by atoms with Crippen molar-refractivity contribution in [1.82, 2.24) is 0 Å². The fraction of sp³-hybridized carbons (Fsp3) is 0.833. The first-order valence-corrected chi connectivity index (χ1v) is 3.05. The zero-order valence-corrected chi connectivity index (χ0v) is 5.50. The molecule has 0 amide bonds. The van der Waals surface area contributed by atoms with E-state index in [2.05, 4.69) is 6.92 Å². The van der Waals surface area contributed by atoms with Gasteiger partial charge in [0.2, 0.25) is 0 Å². The molecule has 9 heavy (non-hydrogen) atoms. The van der Waals surface area contributed by atoms with Crippen molar-refractivity contribution in [2.45, 2.75) is 26.2 Å². The van der Waals surface area contributed by atoms with Gasteiger partial charge >= 0.3 is 6.16 Å². The first-order chi connectivity index (χ1) is 4.13. The van der Waals surface area contributed by atoms with Gasteiger partial charge in [-0.1, -0.05) is 26.2 Å². The van der Waals surface area contributed by atoms with E-state index in [1.165, 1.54) is 19.3 Å². The Morgan fingerprint density at radius 2 is 1.67 bits per heavy atom. The molecule has 0 unspecified atom stereocenters. The van der Waals surface area contributed by atoms with Crippen LogP contribution in [0.2, 0.25) is 0 Å². The van der Waals surface area contributed by atoms with E-state index in [0.717, 1.165) is 5.92 Å². The first kappa shape index (κ1) is 8.27. The molecule has 0 bridgehead atoms. The second kappa shape index (κ2) is 4.18. The minimum atomic E-state index is -1.83. The smallest absolute Gasteiger partial charge is 0.450 e. The van der Waals surface area contributed by atoms with E-state index in [1.807, 2.05) is 0 Å². The molecule has 0 heterocycles. The summed E-state index contributed by atoms with van der Waals surface area (Å²) >= 11 is 0. The molecule has 1 saturated carbocycles. The molecule has 54 valence electrons. The van der Waals surface area contributed by atoms with Crippen LogP contribution in [-0.4, -0.2) is 16.4 Å². The summed E-state index contributed by atoms with van der Waals surface area (Å²) in [6, 6.07) is 0. The highest BCUT2D eigenvalue weighted by molar-refractivity contribution is 5.53. The Kier molecular flexibility index (Phi) is 3.84. The van der Waals surface area contributed by atoms with E-state index < -0.39 is 6.16 Å². The van der Waals surface area contributed by atoms with Crippen molar-refractivity contribution >= 4 is 6.16 Å². The molecule has 0 aliphatic heterocycles. The molecular formula is C6H12O3. The van der Waals surface area contributed by atoms with Crippen molar-refractivity contribution in [1.29, 1.82) is 0 Å². The Morgan fingerprint density at radius 1 is 1.44 bits per heavy atom. The molecule has 0 aromatic carbocycles. The monoisotopic (exact) mass is 132 g/mol. The average Bonchev–Trinajstić information content (AvgIpc) is 1.59. The standard InChI is InChI=1S/C5H10.CH2O3/c1-5-3-2-4-5;2-1(3)4/h5H,2-4H2,1H3;(H2,2,3,4). The van der Waals surface area contributed by atoms with Crippen molar-refractivity contribution in [2.24, 2.45) is 5.92 Å². The van der Waals surface area contributed by atoms with Gasteiger partial charge in [-0.15, -0.1) is 0 Å². The van der Waals surface area contributed by atoms with Gasteiger partial charge in [-0.05, 0) is 5.92 Å². The van der Waals surface area contributed by atoms with Crippen LogP contribution in [-0.2, 0) is 0 Å². The molecule has 3 heteroatoms. The molecule has 3 nitrogen and oxygen atoms in total. The van der Waals surface area contributed by atoms with Crippen LogP contribution >= 0.6 is 0 Å². The molecule has 1 rings (SSSR count). The Hall–Kier alpha value is -0.730. The van der Waals surface area contributed by atoms with Gasteiger partial charge in [0.05, 0.1) is 0 Å². The molecule has 1 aliphatic carbocycles. The van der Waals surface area contributed by atoms with Gasteiger partial charge in [0, 0.05) is 0 Å². The second-order valence-corrected chi connectivity index (χ2v) is 2.32. The Bertz CT molecular complexity index is 82.3. The van der Waals surface area contributed by atoms with Crippen LogP contribution in [0.1, 0.15) is 26.2 Å². The highest BCUT2D eigenvalue weighted by Crippen LogP contribution is 2.24. The third kappa shape index (κ3) is 7.27. The van der Waals surface area contributed by atoms with Crippen molar-refractivity contribution in [3.05, 3.63) is 0 Å². The van der Waals surface area contributed by atoms with Crippen molar-refractivity contribution in [2.75, 3.05) is 0 Å². The van der Waals surface area contributed by atoms with E-state index in [0.29, 0.717) is 0 Å². The third-order valence-corrected chi connectivity index (χ3v) is 1.39. The summed E-state index contributed by atoms with van der Waals surface area (Å²) in [6.07, 6.45) is 2.63. The number of hydrogen-bond donors (Lipinski definition) is 2. The lowest BCUT2D eigenvalue weighted by Gasteiger charge is -2.18. The molecule has 0 spiro atoms. The minimum Gasteiger partial charge on any atom is -0.450 e. The lowest BCUT2D eigenvalue weighted by Crippen LogP contribution is -2.04. The van der Waals surface area contributed by atoms with Crippen LogP contribution in [0.4, 0.5) is 4.79 Å². The van der Waals surface area contributed by atoms with Gasteiger partial charge in [0.15, 0.2) is 0 Å². The fourth-order valence-corrected chi connectivity index (χ4v) is 0.612. The quantitative estimate of drug-likeness (QED) is 0.530. The molecule has 0 atom stereocenters. The van der Waals surface area contributed by atoms with Crippen molar-refractivity contribution < 1.29 is 15.0 Å². The lowest BCUT2D eigenvalue weighted by atomic mass is 9.88. The van der Waals surface area contributed by atoms with Crippen molar-refractivity contribution in [3.8, 4) is 0 Å². The van der Waals surface area contributed by atoms with Crippen LogP contribution in [0.25, 0.3) is 0 Å². The molecule has 0 saturated heterocycles. The summed E-state index contributed by atoms with van der Waals surface area (Å²) in [7, 11) is 0. The van der Waals surface area contributed by atoms with E-state index in [9.17, 15) is 0 Å². The van der Waals surface area contributed by atoms with E-state index in [1.54, 1.807) is 0 Å². The molecule has 0 aromatic heterocycles. The largest absolute Gasteiger partial charge is 0.503 e. The predicted molar refractivity (Wildman–Crippen MR) is 33.7 cm³/mol. The molecule has 1 aliphatic rings. The van der Waals surface area contributed by atoms with Gasteiger partial charge in [-0.3, -0.25) is 0 Å². The number of rotatable bonds is 0. The van der Waals surface area contributed by atoms with Crippen LogP contribution in [0.15, 0.2) is 0 Å². The van der Waals surface area contributed by atoms with Gasteiger partial charge in [0.1, 0.15) is 0 Å². The zero-order valence-electron chi connectivity index (χ0n) is 5.50. The van der Waals surface area contributed by atoms with Gasteiger partial charge in [-0.25, -0.2) is 4.79 Å². The van der Waals surface area contributed by atoms with Gasteiger partial charge < -0.3 is 10.2 Å². The van der Waals surface area contributed by atoms with Crippen LogP contribution in [0.5, 0.6) is 0 Å². The van der Waals surface area contributed by atoms with Crippen molar-refractivity contribution in [3.63, 3.8) is 0 Å². The topological polar surface area (TPSA) is 57.5 Å². The molecular weight excluding hydrogens is 120 g/mol. The zero-order chi connectivity index (χ0) is 7.28. The minimum absolute atomic E-state index is 1.06. The number of hydrogen-bond acceptors (Lipinski definition) is 1. The van der Waals surface area contributed by atoms with E-state index in [4.69, 9.17) is 15.0 Å². The van der Waals surface area contributed by atoms with Crippen LogP contribution in [0.3, 0.4) is 0 Å². The Balaban J connectivity index is 0.000000148. The van der Waals surface area contributed by atoms with E-state index in [-0.39, 0.29) is 0 Å². The Morgan fingerprint density at radius 3 is 1.67 bits per heavy atom. The summed E-state index contributed by atoms with van der Waals surface area (Å²) < 4.78 is 0. The fourth-order valence-electron chi connectivity index (χ4n) is 0.612. The van der Waals surface area contributed by atoms with E-state index >= 15 is 0 Å². The maximum absolute atomic E-state index is 8.56. The molecule has 2 N–H and O–H groups in total. The maximum atomic E-state index is 8.56.